The summed E-state index contributed by atoms with van der Waals surface area (Å²) in [5.74, 6) is -0.380. The molecule has 0 aromatic heterocycles. The lowest BCUT2D eigenvalue weighted by atomic mass is 10.0. The number of carbonyl (C=O) groups excluding carboxylic acids is 2. The van der Waals surface area contributed by atoms with Crippen LogP contribution in [0, 0.1) is 0 Å². The number of nitrogens with two attached hydrogens (primary N) is 1. The van der Waals surface area contributed by atoms with Crippen LogP contribution >= 0.6 is 0 Å². The fourth-order valence-corrected chi connectivity index (χ4v) is 2.65. The van der Waals surface area contributed by atoms with E-state index in [0.717, 1.165) is 18.2 Å². The summed E-state index contributed by atoms with van der Waals surface area (Å²) in [6.07, 6.45) is 1.54. The lowest BCUT2D eigenvalue weighted by Crippen LogP contribution is -2.31. The van der Waals surface area contributed by atoms with E-state index in [1.165, 1.54) is 0 Å². The second-order valence-electron chi connectivity index (χ2n) is 5.09. The molecule has 0 atom stereocenters. The predicted molar refractivity (Wildman–Crippen MR) is 79.3 cm³/mol. The molecule has 1 aliphatic rings. The zero-order valence-corrected chi connectivity index (χ0v) is 11.5. The minimum absolute atomic E-state index is 0.220. The summed E-state index contributed by atoms with van der Waals surface area (Å²) in [6.45, 7) is 1.39. The highest BCUT2D eigenvalue weighted by molar-refractivity contribution is 6.09. The number of hydrogen-bond acceptors (Lipinski definition) is 3. The Morgan fingerprint density at radius 2 is 1.76 bits per heavy atom. The number of ether oxygens (including phenoxy) is 1. The topological polar surface area (TPSA) is 72.6 Å². The first-order chi connectivity index (χ1) is 10.2. The zero-order valence-electron chi connectivity index (χ0n) is 11.5. The van der Waals surface area contributed by atoms with E-state index in [4.69, 9.17) is 10.5 Å². The third-order valence-electron chi connectivity index (χ3n) is 3.70. The van der Waals surface area contributed by atoms with Crippen molar-refractivity contribution in [3.63, 3.8) is 0 Å². The molecule has 1 fully saturated rings. The number of likely N-dealkylation sites (tertiary alicyclic amines) is 1. The Morgan fingerprint density at radius 1 is 1.05 bits per heavy atom. The van der Waals surface area contributed by atoms with Gasteiger partial charge in [0, 0.05) is 13.1 Å². The van der Waals surface area contributed by atoms with Gasteiger partial charge in [0.15, 0.2) is 0 Å². The molecule has 0 radical (unpaired) electrons. The summed E-state index contributed by atoms with van der Waals surface area (Å²) < 4.78 is 5.39. The molecule has 2 aromatic rings. The fourth-order valence-electron chi connectivity index (χ4n) is 2.65. The van der Waals surface area contributed by atoms with Crippen LogP contribution in [0.5, 0.6) is 5.75 Å². The van der Waals surface area contributed by atoms with E-state index in [-0.39, 0.29) is 11.3 Å². The molecule has 0 spiro atoms. The van der Waals surface area contributed by atoms with Gasteiger partial charge >= 0.3 is 6.09 Å². The molecule has 21 heavy (non-hydrogen) atoms. The van der Waals surface area contributed by atoms with Crippen LogP contribution in [0.4, 0.5) is 4.79 Å². The fraction of sp³-hybridized carbons (Fsp3) is 0.250. The van der Waals surface area contributed by atoms with E-state index in [0.29, 0.717) is 18.5 Å². The number of primary amides is 1. The minimum atomic E-state index is -0.601. The van der Waals surface area contributed by atoms with Crippen LogP contribution in [0.25, 0.3) is 10.8 Å². The van der Waals surface area contributed by atoms with Crippen LogP contribution in [-0.2, 0) is 0 Å². The number of fused-ring (bicyclic) bond motifs is 1. The normalized spacial score (nSPS) is 14.4. The molecule has 1 saturated heterocycles. The molecule has 2 N–H and O–H groups in total. The van der Waals surface area contributed by atoms with Gasteiger partial charge < -0.3 is 15.4 Å². The van der Waals surface area contributed by atoms with Crippen molar-refractivity contribution in [3.05, 3.63) is 42.0 Å². The van der Waals surface area contributed by atoms with Crippen LogP contribution in [0.1, 0.15) is 23.2 Å². The van der Waals surface area contributed by atoms with Gasteiger partial charge in [0.1, 0.15) is 5.75 Å². The molecule has 1 heterocycles. The SMILES string of the molecule is NC(=O)c1c(OC(=O)N2CCCC2)ccc2ccccc12. The van der Waals surface area contributed by atoms with Gasteiger partial charge in [-0.15, -0.1) is 0 Å². The van der Waals surface area contributed by atoms with Gasteiger partial charge in [0.05, 0.1) is 5.56 Å². The monoisotopic (exact) mass is 284 g/mol. The van der Waals surface area contributed by atoms with Gasteiger partial charge in [-0.1, -0.05) is 30.3 Å². The molecule has 0 unspecified atom stereocenters. The molecule has 3 rings (SSSR count). The van der Waals surface area contributed by atoms with Crippen molar-refractivity contribution >= 4 is 22.8 Å². The molecular formula is C16H16N2O3. The quantitative estimate of drug-likeness (QED) is 0.921. The van der Waals surface area contributed by atoms with Gasteiger partial charge in [-0.25, -0.2) is 4.79 Å². The first-order valence-corrected chi connectivity index (χ1v) is 6.95. The summed E-state index contributed by atoms with van der Waals surface area (Å²) in [7, 11) is 0. The van der Waals surface area contributed by atoms with Crippen LogP contribution < -0.4 is 10.5 Å². The number of rotatable bonds is 2. The van der Waals surface area contributed by atoms with Crippen molar-refractivity contribution < 1.29 is 14.3 Å². The number of carbonyl (C=O) groups is 2. The maximum Gasteiger partial charge on any atom is 0.415 e. The molecule has 0 saturated carbocycles. The Balaban J connectivity index is 1.99. The predicted octanol–water partition coefficient (Wildman–Crippen LogP) is 2.53. The van der Waals surface area contributed by atoms with Crippen molar-refractivity contribution in [2.75, 3.05) is 13.1 Å². The Hall–Kier alpha value is -2.56. The van der Waals surface area contributed by atoms with Gasteiger partial charge in [0.2, 0.25) is 0 Å². The van der Waals surface area contributed by atoms with Crippen LogP contribution in [0.15, 0.2) is 36.4 Å². The molecule has 1 aliphatic heterocycles. The maximum atomic E-state index is 12.1. The Labute approximate surface area is 122 Å². The highest BCUT2D eigenvalue weighted by atomic mass is 16.6. The van der Waals surface area contributed by atoms with Crippen molar-refractivity contribution in [1.82, 2.24) is 4.90 Å². The van der Waals surface area contributed by atoms with Crippen molar-refractivity contribution in [2.45, 2.75) is 12.8 Å². The third-order valence-corrected chi connectivity index (χ3v) is 3.70. The molecule has 0 bridgehead atoms. The number of nitrogens with zero attached hydrogens (tertiary/aromatic N) is 1. The van der Waals surface area contributed by atoms with Crippen molar-refractivity contribution in [3.8, 4) is 5.75 Å². The summed E-state index contributed by atoms with van der Waals surface area (Å²) in [5.41, 5.74) is 5.72. The molecular weight excluding hydrogens is 268 g/mol. The smallest absolute Gasteiger partial charge is 0.409 e. The Bertz CT molecular complexity index is 706. The third kappa shape index (κ3) is 2.54. The lowest BCUT2D eigenvalue weighted by molar-refractivity contribution is 0.0998. The van der Waals surface area contributed by atoms with Crippen molar-refractivity contribution in [1.29, 1.82) is 0 Å². The van der Waals surface area contributed by atoms with Crippen molar-refractivity contribution in [2.24, 2.45) is 5.73 Å². The summed E-state index contributed by atoms with van der Waals surface area (Å²) >= 11 is 0. The van der Waals surface area contributed by atoms with Gasteiger partial charge in [-0.05, 0) is 29.7 Å². The van der Waals surface area contributed by atoms with Gasteiger partial charge in [0.25, 0.3) is 5.91 Å². The van der Waals surface area contributed by atoms with Gasteiger partial charge in [-0.2, -0.15) is 0 Å². The Morgan fingerprint density at radius 3 is 2.48 bits per heavy atom. The molecule has 2 amide bonds. The van der Waals surface area contributed by atoms with E-state index in [2.05, 4.69) is 0 Å². The van der Waals surface area contributed by atoms with E-state index in [9.17, 15) is 9.59 Å². The Kier molecular flexibility index (Phi) is 3.48. The molecule has 5 nitrogen and oxygen atoms in total. The number of benzene rings is 2. The maximum absolute atomic E-state index is 12.1. The van der Waals surface area contributed by atoms with E-state index in [1.54, 1.807) is 17.0 Å². The lowest BCUT2D eigenvalue weighted by Gasteiger charge is -2.16. The molecule has 0 aliphatic carbocycles. The van der Waals surface area contributed by atoms with Crippen LogP contribution in [-0.4, -0.2) is 30.0 Å². The summed E-state index contributed by atoms with van der Waals surface area (Å²) in [4.78, 5) is 25.5. The number of hydrogen-bond donors (Lipinski definition) is 1. The largest absolute Gasteiger partial charge is 0.415 e. The average Bonchev–Trinajstić information content (AvgIpc) is 3.01. The average molecular weight is 284 g/mol. The second kappa shape index (κ2) is 5.44. The summed E-state index contributed by atoms with van der Waals surface area (Å²) in [5, 5.41) is 1.57. The first kappa shape index (κ1) is 13.4. The second-order valence-corrected chi connectivity index (χ2v) is 5.09. The summed E-state index contributed by atoms with van der Waals surface area (Å²) in [6, 6.07) is 10.8. The molecule has 108 valence electrons. The number of amides is 2. The highest BCUT2D eigenvalue weighted by Gasteiger charge is 2.22. The standard InChI is InChI=1S/C16H16N2O3/c17-15(19)14-12-6-2-1-5-11(12)7-8-13(14)21-16(20)18-9-3-4-10-18/h1-2,5-8H,3-4,9-10H2,(H2,17,19). The van der Waals surface area contributed by atoms with E-state index in [1.807, 2.05) is 24.3 Å². The molecule has 2 aromatic carbocycles. The van der Waals surface area contributed by atoms with Gasteiger partial charge in [-0.3, -0.25) is 4.79 Å². The minimum Gasteiger partial charge on any atom is -0.409 e. The van der Waals surface area contributed by atoms with Crippen LogP contribution in [0.3, 0.4) is 0 Å². The first-order valence-electron chi connectivity index (χ1n) is 6.95. The molecule has 5 heteroatoms. The zero-order chi connectivity index (χ0) is 14.8. The van der Waals surface area contributed by atoms with Crippen LogP contribution in [0.2, 0.25) is 0 Å². The highest BCUT2D eigenvalue weighted by Crippen LogP contribution is 2.28. The van der Waals surface area contributed by atoms with E-state index < -0.39 is 12.0 Å². The van der Waals surface area contributed by atoms with E-state index >= 15 is 0 Å².